The standard InChI is InChI=1S/C20H31NSi2/c1-6-7-18-21(22(2,3)19-14-10-8-11-15-19)23(4,5)20-16-12-9-13-17-20/h8-17H,6-7,18H2,1-5H3. The lowest BCUT2D eigenvalue weighted by Gasteiger charge is -2.47. The summed E-state index contributed by atoms with van der Waals surface area (Å²) in [6.45, 7) is 13.6. The molecule has 0 saturated heterocycles. The molecule has 2 rings (SSSR count). The Morgan fingerprint density at radius 1 is 0.696 bits per heavy atom. The van der Waals surface area contributed by atoms with Crippen molar-refractivity contribution in [1.82, 2.24) is 4.23 Å². The van der Waals surface area contributed by atoms with E-state index in [2.05, 4.69) is 98.0 Å². The van der Waals surface area contributed by atoms with E-state index in [1.807, 2.05) is 0 Å². The van der Waals surface area contributed by atoms with Gasteiger partial charge in [-0.05, 0) is 23.3 Å². The maximum Gasteiger partial charge on any atom is 0.147 e. The molecule has 3 heteroatoms. The monoisotopic (exact) mass is 341 g/mol. The minimum absolute atomic E-state index is 1.22. The van der Waals surface area contributed by atoms with Gasteiger partial charge in [-0.25, -0.2) is 0 Å². The zero-order valence-electron chi connectivity index (χ0n) is 15.3. The van der Waals surface area contributed by atoms with Gasteiger partial charge < -0.3 is 4.23 Å². The van der Waals surface area contributed by atoms with E-state index in [9.17, 15) is 0 Å². The SMILES string of the molecule is CCCCN([Si](C)(C)c1ccccc1)[Si](C)(C)c1ccccc1. The summed E-state index contributed by atoms with van der Waals surface area (Å²) in [5.41, 5.74) is 0. The molecule has 0 spiro atoms. The first-order valence-corrected chi connectivity index (χ1v) is 14.7. The number of hydrogen-bond acceptors (Lipinski definition) is 1. The van der Waals surface area contributed by atoms with E-state index in [1.165, 1.54) is 19.4 Å². The summed E-state index contributed by atoms with van der Waals surface area (Å²) in [5, 5.41) is 3.10. The molecular formula is C20H31NSi2. The van der Waals surface area contributed by atoms with E-state index in [0.717, 1.165) is 0 Å². The van der Waals surface area contributed by atoms with Crippen molar-refractivity contribution in [2.45, 2.75) is 46.0 Å². The van der Waals surface area contributed by atoms with Gasteiger partial charge in [0.15, 0.2) is 0 Å². The topological polar surface area (TPSA) is 3.24 Å². The van der Waals surface area contributed by atoms with Crippen molar-refractivity contribution in [2.24, 2.45) is 0 Å². The van der Waals surface area contributed by atoms with Gasteiger partial charge in [-0.15, -0.1) is 0 Å². The molecule has 124 valence electrons. The first-order chi connectivity index (χ1) is 10.9. The zero-order valence-corrected chi connectivity index (χ0v) is 17.3. The highest BCUT2D eigenvalue weighted by molar-refractivity contribution is 7.02. The van der Waals surface area contributed by atoms with Gasteiger partial charge in [-0.2, -0.15) is 0 Å². The van der Waals surface area contributed by atoms with E-state index < -0.39 is 16.5 Å². The van der Waals surface area contributed by atoms with Crippen LogP contribution in [0.3, 0.4) is 0 Å². The van der Waals surface area contributed by atoms with Crippen LogP contribution in [-0.2, 0) is 0 Å². The van der Waals surface area contributed by atoms with Crippen LogP contribution in [0.25, 0.3) is 0 Å². The van der Waals surface area contributed by atoms with E-state index in [-0.39, 0.29) is 0 Å². The largest absolute Gasteiger partial charge is 0.339 e. The lowest BCUT2D eigenvalue weighted by Crippen LogP contribution is -2.71. The molecule has 2 aromatic rings. The number of unbranched alkanes of at least 4 members (excludes halogenated alkanes) is 1. The zero-order chi connectivity index (χ0) is 16.9. The van der Waals surface area contributed by atoms with Gasteiger partial charge in [0.05, 0.1) is 0 Å². The Hall–Kier alpha value is -1.17. The lowest BCUT2D eigenvalue weighted by molar-refractivity contribution is 0.582. The molecule has 0 heterocycles. The van der Waals surface area contributed by atoms with Gasteiger partial charge in [-0.3, -0.25) is 0 Å². The van der Waals surface area contributed by atoms with Gasteiger partial charge in [0.1, 0.15) is 16.5 Å². The molecule has 0 saturated carbocycles. The molecule has 0 amide bonds. The second-order valence-electron chi connectivity index (χ2n) is 7.36. The van der Waals surface area contributed by atoms with Crippen LogP contribution in [0, 0.1) is 0 Å². The fourth-order valence-corrected chi connectivity index (χ4v) is 14.0. The van der Waals surface area contributed by atoms with E-state index in [4.69, 9.17) is 0 Å². The van der Waals surface area contributed by atoms with Crippen molar-refractivity contribution in [2.75, 3.05) is 6.54 Å². The second kappa shape index (κ2) is 7.60. The van der Waals surface area contributed by atoms with Crippen LogP contribution >= 0.6 is 0 Å². The quantitative estimate of drug-likeness (QED) is 0.678. The van der Waals surface area contributed by atoms with Crippen LogP contribution in [-0.4, -0.2) is 27.2 Å². The third-order valence-electron chi connectivity index (χ3n) is 5.05. The molecule has 0 aromatic heterocycles. The third kappa shape index (κ3) is 4.03. The Morgan fingerprint density at radius 3 is 1.43 bits per heavy atom. The highest BCUT2D eigenvalue weighted by Crippen LogP contribution is 2.21. The Kier molecular flexibility index (Phi) is 6.01. The Morgan fingerprint density at radius 2 is 1.09 bits per heavy atom. The highest BCUT2D eigenvalue weighted by atomic mass is 28.4. The highest BCUT2D eigenvalue weighted by Gasteiger charge is 2.42. The Labute approximate surface area is 144 Å². The Balaban J connectivity index is 2.44. The maximum absolute atomic E-state index is 2.94. The summed E-state index contributed by atoms with van der Waals surface area (Å²) in [6, 6.07) is 22.4. The van der Waals surface area contributed by atoms with E-state index in [1.54, 1.807) is 10.4 Å². The van der Waals surface area contributed by atoms with Crippen molar-refractivity contribution in [1.29, 1.82) is 0 Å². The molecule has 0 unspecified atom stereocenters. The van der Waals surface area contributed by atoms with Gasteiger partial charge in [-0.1, -0.05) is 100 Å². The van der Waals surface area contributed by atoms with Crippen LogP contribution in [0.2, 0.25) is 26.2 Å². The van der Waals surface area contributed by atoms with Gasteiger partial charge in [0, 0.05) is 0 Å². The summed E-state index contributed by atoms with van der Waals surface area (Å²) in [4.78, 5) is 0. The summed E-state index contributed by atoms with van der Waals surface area (Å²) < 4.78 is 2.94. The first kappa shape index (κ1) is 18.2. The molecule has 0 fully saturated rings. The van der Waals surface area contributed by atoms with Crippen LogP contribution in [0.4, 0.5) is 0 Å². The molecule has 0 N–H and O–H groups in total. The number of nitrogens with zero attached hydrogens (tertiary/aromatic N) is 1. The Bertz CT molecular complexity index is 542. The van der Waals surface area contributed by atoms with Crippen LogP contribution < -0.4 is 10.4 Å². The molecule has 23 heavy (non-hydrogen) atoms. The maximum atomic E-state index is 2.94. The fourth-order valence-electron chi connectivity index (χ4n) is 3.58. The van der Waals surface area contributed by atoms with Gasteiger partial charge in [0.2, 0.25) is 0 Å². The second-order valence-corrected chi connectivity index (χ2v) is 16.3. The normalized spacial score (nSPS) is 12.6. The minimum Gasteiger partial charge on any atom is -0.339 e. The summed E-state index contributed by atoms with van der Waals surface area (Å²) >= 11 is 0. The molecule has 1 nitrogen and oxygen atoms in total. The number of benzene rings is 2. The lowest BCUT2D eigenvalue weighted by atomic mass is 10.3. The van der Waals surface area contributed by atoms with E-state index in [0.29, 0.717) is 0 Å². The number of hydrogen-bond donors (Lipinski definition) is 0. The van der Waals surface area contributed by atoms with Crippen LogP contribution in [0.5, 0.6) is 0 Å². The van der Waals surface area contributed by atoms with Gasteiger partial charge in [0.25, 0.3) is 0 Å². The average Bonchev–Trinajstić information content (AvgIpc) is 2.56. The average molecular weight is 342 g/mol. The smallest absolute Gasteiger partial charge is 0.147 e. The van der Waals surface area contributed by atoms with Crippen molar-refractivity contribution in [3.8, 4) is 0 Å². The molecule has 0 radical (unpaired) electrons. The van der Waals surface area contributed by atoms with Crippen LogP contribution in [0.15, 0.2) is 60.7 Å². The van der Waals surface area contributed by atoms with Crippen LogP contribution in [0.1, 0.15) is 19.8 Å². The molecule has 0 atom stereocenters. The van der Waals surface area contributed by atoms with Crippen molar-refractivity contribution >= 4 is 26.8 Å². The summed E-state index contributed by atoms with van der Waals surface area (Å²) in [7, 11) is -3.34. The molecule has 0 aliphatic carbocycles. The third-order valence-corrected chi connectivity index (χ3v) is 15.0. The minimum atomic E-state index is -1.67. The van der Waals surface area contributed by atoms with E-state index >= 15 is 0 Å². The van der Waals surface area contributed by atoms with Gasteiger partial charge >= 0.3 is 0 Å². The molecule has 0 aliphatic rings. The first-order valence-electron chi connectivity index (χ1n) is 8.79. The summed E-state index contributed by atoms with van der Waals surface area (Å²) in [5.74, 6) is 0. The van der Waals surface area contributed by atoms with Crippen molar-refractivity contribution in [3.05, 3.63) is 60.7 Å². The predicted molar refractivity (Wildman–Crippen MR) is 109 cm³/mol. The number of rotatable bonds is 7. The van der Waals surface area contributed by atoms with Crippen molar-refractivity contribution < 1.29 is 0 Å². The summed E-state index contributed by atoms with van der Waals surface area (Å²) in [6.07, 6.45) is 2.54. The molecule has 2 aromatic carbocycles. The predicted octanol–water partition coefficient (Wildman–Crippen LogP) is 4.31. The molecule has 0 aliphatic heterocycles. The molecular weight excluding hydrogens is 310 g/mol. The molecule has 0 bridgehead atoms. The van der Waals surface area contributed by atoms with Crippen molar-refractivity contribution in [3.63, 3.8) is 0 Å². The fraction of sp³-hybridized carbons (Fsp3) is 0.400.